The van der Waals surface area contributed by atoms with Gasteiger partial charge in [0.1, 0.15) is 0 Å². The van der Waals surface area contributed by atoms with Crippen molar-refractivity contribution >= 4 is 11.9 Å². The van der Waals surface area contributed by atoms with Gasteiger partial charge in [0.05, 0.1) is 5.56 Å². The minimum absolute atomic E-state index is 0. The third-order valence-corrected chi connectivity index (χ3v) is 3.70. The fourth-order valence-electron chi connectivity index (χ4n) is 2.37. The van der Waals surface area contributed by atoms with Crippen LogP contribution >= 0.6 is 0 Å². The van der Waals surface area contributed by atoms with Crippen LogP contribution in [-0.4, -0.2) is 11.9 Å². The van der Waals surface area contributed by atoms with Gasteiger partial charge >= 0.3 is 41.5 Å². The third kappa shape index (κ3) is 11.5. The summed E-state index contributed by atoms with van der Waals surface area (Å²) in [7, 11) is 0. The van der Waals surface area contributed by atoms with E-state index in [1.807, 2.05) is 6.07 Å². The molecule has 0 aliphatic carbocycles. The van der Waals surface area contributed by atoms with Crippen molar-refractivity contribution < 1.29 is 45.3 Å². The molecule has 1 aromatic carbocycles. The van der Waals surface area contributed by atoms with Gasteiger partial charge in [0, 0.05) is 6.42 Å². The molecule has 0 amide bonds. The predicted molar refractivity (Wildman–Crippen MR) is 89.8 cm³/mol. The molecule has 0 aromatic heterocycles. The van der Waals surface area contributed by atoms with Gasteiger partial charge in [-0.25, -0.2) is 4.79 Å². The van der Waals surface area contributed by atoms with E-state index in [1.54, 1.807) is 24.3 Å². The molecular formula is C19H29NaO3. The van der Waals surface area contributed by atoms with Crippen molar-refractivity contribution in [2.75, 3.05) is 0 Å². The van der Waals surface area contributed by atoms with Crippen LogP contribution in [0.2, 0.25) is 0 Å². The summed E-state index contributed by atoms with van der Waals surface area (Å²) in [5.41, 5.74) is 0.419. The van der Waals surface area contributed by atoms with Gasteiger partial charge in [-0.3, -0.25) is 4.79 Å². The Morgan fingerprint density at radius 3 is 1.96 bits per heavy atom. The maximum Gasteiger partial charge on any atom is 1.00 e. The van der Waals surface area contributed by atoms with Crippen molar-refractivity contribution in [3.8, 4) is 0 Å². The van der Waals surface area contributed by atoms with Crippen molar-refractivity contribution in [3.05, 3.63) is 35.9 Å². The van der Waals surface area contributed by atoms with Crippen molar-refractivity contribution in [3.63, 3.8) is 0 Å². The number of unbranched alkanes of at least 4 members (excludes halogenated alkanes) is 8. The summed E-state index contributed by atoms with van der Waals surface area (Å²) in [6, 6.07) is 8.62. The molecular weight excluding hydrogens is 299 g/mol. The van der Waals surface area contributed by atoms with Crippen LogP contribution in [-0.2, 0) is 9.53 Å². The van der Waals surface area contributed by atoms with E-state index in [4.69, 9.17) is 4.74 Å². The Morgan fingerprint density at radius 1 is 0.870 bits per heavy atom. The maximum absolute atomic E-state index is 11.7. The van der Waals surface area contributed by atoms with Crippen molar-refractivity contribution in [2.45, 2.75) is 71.1 Å². The summed E-state index contributed by atoms with van der Waals surface area (Å²) < 4.78 is 4.83. The second-order valence-electron chi connectivity index (χ2n) is 5.71. The van der Waals surface area contributed by atoms with Crippen molar-refractivity contribution in [2.24, 2.45) is 0 Å². The Bertz CT molecular complexity index is 437. The van der Waals surface area contributed by atoms with Gasteiger partial charge in [-0.2, -0.15) is 0 Å². The Morgan fingerprint density at radius 2 is 1.39 bits per heavy atom. The van der Waals surface area contributed by atoms with Crippen LogP contribution in [0.5, 0.6) is 0 Å². The van der Waals surface area contributed by atoms with E-state index >= 15 is 0 Å². The SMILES string of the molecule is CCCCCCCCCCCC(=O)OC(=O)c1ccccc1.[H-].[Na+]. The first-order valence-electron chi connectivity index (χ1n) is 8.54. The fourth-order valence-corrected chi connectivity index (χ4v) is 2.37. The van der Waals surface area contributed by atoms with E-state index in [0.717, 1.165) is 19.3 Å². The largest absolute Gasteiger partial charge is 1.00 e. The first kappa shape index (κ1) is 22.4. The molecule has 0 aliphatic rings. The molecule has 0 heterocycles. The monoisotopic (exact) mass is 328 g/mol. The molecule has 23 heavy (non-hydrogen) atoms. The van der Waals surface area contributed by atoms with E-state index in [-0.39, 0.29) is 31.0 Å². The normalized spacial score (nSPS) is 9.96. The summed E-state index contributed by atoms with van der Waals surface area (Å²) in [4.78, 5) is 23.3. The van der Waals surface area contributed by atoms with Gasteiger partial charge in [-0.15, -0.1) is 0 Å². The molecule has 0 bridgehead atoms. The number of esters is 2. The molecule has 0 unspecified atom stereocenters. The van der Waals surface area contributed by atoms with Gasteiger partial charge in [0.2, 0.25) is 0 Å². The number of hydrogen-bond acceptors (Lipinski definition) is 3. The number of carbonyl (C=O) groups is 2. The molecule has 124 valence electrons. The number of ether oxygens (including phenoxy) is 1. The van der Waals surface area contributed by atoms with Crippen LogP contribution < -0.4 is 29.6 Å². The average Bonchev–Trinajstić information content (AvgIpc) is 2.54. The fraction of sp³-hybridized carbons (Fsp3) is 0.579. The van der Waals surface area contributed by atoms with E-state index in [2.05, 4.69) is 6.92 Å². The van der Waals surface area contributed by atoms with Gasteiger partial charge in [0.25, 0.3) is 0 Å². The molecule has 0 radical (unpaired) electrons. The second kappa shape index (κ2) is 14.9. The summed E-state index contributed by atoms with van der Waals surface area (Å²) in [5, 5.41) is 0. The van der Waals surface area contributed by atoms with Gasteiger partial charge in [-0.1, -0.05) is 76.5 Å². The van der Waals surface area contributed by atoms with Gasteiger partial charge in [0.15, 0.2) is 0 Å². The second-order valence-corrected chi connectivity index (χ2v) is 5.71. The van der Waals surface area contributed by atoms with Gasteiger partial charge < -0.3 is 6.16 Å². The summed E-state index contributed by atoms with van der Waals surface area (Å²) >= 11 is 0. The van der Waals surface area contributed by atoms with E-state index < -0.39 is 11.9 Å². The minimum Gasteiger partial charge on any atom is -1.00 e. The Labute approximate surface area is 164 Å². The zero-order chi connectivity index (χ0) is 16.0. The Balaban J connectivity index is 0. The van der Waals surface area contributed by atoms with Crippen LogP contribution in [0.1, 0.15) is 82.9 Å². The molecule has 0 spiro atoms. The van der Waals surface area contributed by atoms with Crippen LogP contribution in [0.3, 0.4) is 0 Å². The number of rotatable bonds is 11. The van der Waals surface area contributed by atoms with E-state index in [0.29, 0.717) is 12.0 Å². The first-order chi connectivity index (χ1) is 10.7. The van der Waals surface area contributed by atoms with Gasteiger partial charge in [-0.05, 0) is 18.6 Å². The summed E-state index contributed by atoms with van der Waals surface area (Å²) in [6.07, 6.45) is 11.1. The van der Waals surface area contributed by atoms with Crippen LogP contribution in [0, 0.1) is 0 Å². The zero-order valence-electron chi connectivity index (χ0n) is 15.7. The maximum atomic E-state index is 11.7. The minimum atomic E-state index is -0.554. The molecule has 3 nitrogen and oxygen atoms in total. The number of carbonyl (C=O) groups excluding carboxylic acids is 2. The summed E-state index contributed by atoms with van der Waals surface area (Å²) in [5.74, 6) is -0.974. The molecule has 1 aromatic rings. The zero-order valence-corrected chi connectivity index (χ0v) is 16.7. The van der Waals surface area contributed by atoms with Crippen molar-refractivity contribution in [1.82, 2.24) is 0 Å². The van der Waals surface area contributed by atoms with E-state index in [9.17, 15) is 9.59 Å². The number of hydrogen-bond donors (Lipinski definition) is 0. The quantitative estimate of drug-likeness (QED) is 0.271. The van der Waals surface area contributed by atoms with Crippen LogP contribution in [0.15, 0.2) is 30.3 Å². The summed E-state index contributed by atoms with van der Waals surface area (Å²) in [6.45, 7) is 2.22. The molecule has 0 aliphatic heterocycles. The molecule has 0 fully saturated rings. The smallest absolute Gasteiger partial charge is 1.00 e. The average molecular weight is 328 g/mol. The predicted octanol–water partition coefficient (Wildman–Crippen LogP) is 2.41. The first-order valence-corrected chi connectivity index (χ1v) is 8.54. The molecule has 0 saturated heterocycles. The standard InChI is InChI=1S/C19H28O3.Na.H/c1-2-3-4-5-6-7-8-9-13-16-18(20)22-19(21)17-14-11-10-12-15-17;;/h10-12,14-15H,2-9,13,16H2,1H3;;/q;+1;-1. The Hall–Kier alpha value is -0.640. The third-order valence-electron chi connectivity index (χ3n) is 3.70. The molecule has 0 N–H and O–H groups in total. The topological polar surface area (TPSA) is 43.4 Å². The Kier molecular flexibility index (Phi) is 14.5. The molecule has 1 rings (SSSR count). The van der Waals surface area contributed by atoms with E-state index in [1.165, 1.54) is 38.5 Å². The molecule has 0 atom stereocenters. The van der Waals surface area contributed by atoms with Crippen molar-refractivity contribution in [1.29, 1.82) is 0 Å². The molecule has 0 saturated carbocycles. The number of benzene rings is 1. The van der Waals surface area contributed by atoms with Crippen LogP contribution in [0.4, 0.5) is 0 Å². The molecule has 4 heteroatoms. The van der Waals surface area contributed by atoms with Crippen LogP contribution in [0.25, 0.3) is 0 Å².